The number of anilines is 1. The number of benzene rings is 1. The fourth-order valence-electron chi connectivity index (χ4n) is 7.17. The number of ether oxygens (including phenoxy) is 1. The summed E-state index contributed by atoms with van der Waals surface area (Å²) in [6, 6.07) is 6.52. The van der Waals surface area contributed by atoms with Gasteiger partial charge in [0.05, 0.1) is 12.2 Å². The summed E-state index contributed by atoms with van der Waals surface area (Å²) in [6.45, 7) is 6.79. The molecule has 1 saturated heterocycles. The van der Waals surface area contributed by atoms with Crippen LogP contribution >= 0.6 is 0 Å². The number of hydrogen-bond acceptors (Lipinski definition) is 5. The second-order valence-electron chi connectivity index (χ2n) is 12.4. The van der Waals surface area contributed by atoms with E-state index in [1.807, 2.05) is 18.7 Å². The Bertz CT molecular complexity index is 1210. The van der Waals surface area contributed by atoms with E-state index in [0.29, 0.717) is 24.0 Å². The topological polar surface area (TPSA) is 74.7 Å². The smallest absolute Gasteiger partial charge is 0.325 e. The Labute approximate surface area is 225 Å². The van der Waals surface area contributed by atoms with Gasteiger partial charge in [0.15, 0.2) is 0 Å². The molecular formula is C31H40FN3O3. The predicted molar refractivity (Wildman–Crippen MR) is 144 cm³/mol. The molecule has 0 radical (unpaired) electrons. The highest BCUT2D eigenvalue weighted by atomic mass is 19.1. The van der Waals surface area contributed by atoms with Gasteiger partial charge in [0, 0.05) is 25.3 Å². The van der Waals surface area contributed by atoms with Crippen molar-refractivity contribution in [3.8, 4) is 0 Å². The van der Waals surface area contributed by atoms with Gasteiger partial charge in [-0.2, -0.15) is 0 Å². The molecule has 6 rings (SSSR count). The minimum absolute atomic E-state index is 0.326. The van der Waals surface area contributed by atoms with Crippen molar-refractivity contribution in [2.75, 3.05) is 25.0 Å². The number of rotatable bonds is 10. The number of aryl methyl sites for hydroxylation is 2. The summed E-state index contributed by atoms with van der Waals surface area (Å²) in [5.74, 6) is 1.85. The van der Waals surface area contributed by atoms with Crippen LogP contribution in [0.1, 0.15) is 86.4 Å². The van der Waals surface area contributed by atoms with E-state index in [4.69, 9.17) is 9.72 Å². The van der Waals surface area contributed by atoms with Gasteiger partial charge in [0.2, 0.25) is 0 Å². The molecule has 6 nitrogen and oxygen atoms in total. The highest BCUT2D eigenvalue weighted by molar-refractivity contribution is 5.77. The molecule has 3 unspecified atom stereocenters. The Balaban J connectivity index is 0.966. The number of fused-ring (bicyclic) bond motifs is 2. The first-order valence-electron chi connectivity index (χ1n) is 14.5. The van der Waals surface area contributed by atoms with Crippen molar-refractivity contribution in [2.45, 2.75) is 83.5 Å². The number of hydrogen-bond donors (Lipinski definition) is 2. The number of likely N-dealkylation sites (tertiary alicyclic amines) is 1. The second-order valence-corrected chi connectivity index (χ2v) is 12.4. The van der Waals surface area contributed by atoms with E-state index in [0.717, 1.165) is 55.3 Å². The van der Waals surface area contributed by atoms with Crippen LogP contribution in [0.4, 0.5) is 10.2 Å². The molecule has 2 aromatic rings. The maximum atomic E-state index is 14.4. The first kappa shape index (κ1) is 25.8. The minimum Gasteiger partial charge on any atom is -0.480 e. The number of carboxylic acid groups (broad SMARTS) is 1. The summed E-state index contributed by atoms with van der Waals surface area (Å²) < 4.78 is 20.3. The lowest BCUT2D eigenvalue weighted by Crippen LogP contribution is -2.52. The summed E-state index contributed by atoms with van der Waals surface area (Å²) in [6.07, 6.45) is 9.57. The summed E-state index contributed by atoms with van der Waals surface area (Å²) in [4.78, 5) is 19.2. The number of pyridine rings is 1. The van der Waals surface area contributed by atoms with Crippen LogP contribution in [0.2, 0.25) is 0 Å². The van der Waals surface area contributed by atoms with Crippen LogP contribution in [0.3, 0.4) is 0 Å². The first-order valence-corrected chi connectivity index (χ1v) is 14.5. The fraction of sp³-hybridized carbons (Fsp3) is 0.613. The summed E-state index contributed by atoms with van der Waals surface area (Å²) in [5, 5.41) is 13.6. The molecule has 1 aliphatic carbocycles. The third kappa shape index (κ3) is 5.07. The van der Waals surface area contributed by atoms with E-state index in [-0.39, 0.29) is 5.82 Å². The van der Waals surface area contributed by atoms with Gasteiger partial charge in [0.1, 0.15) is 17.7 Å². The van der Waals surface area contributed by atoms with Gasteiger partial charge in [0.25, 0.3) is 0 Å². The highest BCUT2D eigenvalue weighted by Crippen LogP contribution is 2.52. The summed E-state index contributed by atoms with van der Waals surface area (Å²) in [5.41, 5.74) is 4.12. The van der Waals surface area contributed by atoms with Crippen LogP contribution in [-0.4, -0.2) is 40.6 Å². The zero-order chi connectivity index (χ0) is 26.4. The Morgan fingerprint density at radius 2 is 2.08 bits per heavy atom. The van der Waals surface area contributed by atoms with Gasteiger partial charge < -0.3 is 15.2 Å². The third-order valence-corrected chi connectivity index (χ3v) is 9.28. The molecule has 38 heavy (non-hydrogen) atoms. The molecule has 4 aliphatic rings. The lowest BCUT2D eigenvalue weighted by molar-refractivity contribution is -0.147. The Kier molecular flexibility index (Phi) is 6.93. The largest absolute Gasteiger partial charge is 0.480 e. The van der Waals surface area contributed by atoms with E-state index in [2.05, 4.69) is 17.4 Å². The fourth-order valence-corrected chi connectivity index (χ4v) is 7.17. The van der Waals surface area contributed by atoms with Crippen molar-refractivity contribution in [3.63, 3.8) is 0 Å². The first-order chi connectivity index (χ1) is 18.3. The number of nitrogens with zero attached hydrogens (tertiary/aromatic N) is 2. The SMILES string of the molecule is CC1(C)OCc2cc(F)cc(C(C(=O)O)N3CC(C4CC4CCCCCc4ccc5c(n4)NCCC5)C3)c21. The number of carboxylic acids is 1. The molecule has 1 saturated carbocycles. The predicted octanol–water partition coefficient (Wildman–Crippen LogP) is 5.84. The normalized spacial score (nSPS) is 24.7. The molecule has 3 atom stereocenters. The molecule has 2 fully saturated rings. The van der Waals surface area contributed by atoms with E-state index in [1.54, 1.807) is 0 Å². The number of halogens is 1. The molecule has 0 spiro atoms. The van der Waals surface area contributed by atoms with Gasteiger partial charge in [-0.1, -0.05) is 25.3 Å². The van der Waals surface area contributed by atoms with Gasteiger partial charge >= 0.3 is 5.97 Å². The van der Waals surface area contributed by atoms with Crippen molar-refractivity contribution < 1.29 is 19.0 Å². The van der Waals surface area contributed by atoms with Gasteiger partial charge in [-0.3, -0.25) is 9.69 Å². The Hall–Kier alpha value is -2.51. The summed E-state index contributed by atoms with van der Waals surface area (Å²) in [7, 11) is 0. The average Bonchev–Trinajstić information content (AvgIpc) is 3.54. The van der Waals surface area contributed by atoms with Crippen LogP contribution in [0.25, 0.3) is 0 Å². The standard InChI is InChI=1S/C31H40FN3O3/c1-31(2)27-21(18-38-31)13-23(32)15-26(27)28(30(36)37)35-16-22(17-35)25-14-20(25)7-4-3-5-9-24-11-10-19-8-6-12-33-29(19)34-24/h10-11,13,15,20,22,25,28H,3-9,12,14,16-18H2,1-2H3,(H,33,34)(H,36,37). The lowest BCUT2D eigenvalue weighted by atomic mass is 9.84. The lowest BCUT2D eigenvalue weighted by Gasteiger charge is -2.44. The molecule has 0 amide bonds. The van der Waals surface area contributed by atoms with Crippen LogP contribution < -0.4 is 5.32 Å². The molecule has 204 valence electrons. The molecule has 4 heterocycles. The Morgan fingerprint density at radius 3 is 2.89 bits per heavy atom. The van der Waals surface area contributed by atoms with Crippen molar-refractivity contribution in [3.05, 3.63) is 58.0 Å². The summed E-state index contributed by atoms with van der Waals surface area (Å²) >= 11 is 0. The van der Waals surface area contributed by atoms with Crippen LogP contribution in [0, 0.1) is 23.6 Å². The van der Waals surface area contributed by atoms with Gasteiger partial charge in [-0.05, 0) is 104 Å². The van der Waals surface area contributed by atoms with E-state index in [9.17, 15) is 14.3 Å². The van der Waals surface area contributed by atoms with Crippen molar-refractivity contribution in [1.29, 1.82) is 0 Å². The Morgan fingerprint density at radius 1 is 1.24 bits per heavy atom. The zero-order valence-electron chi connectivity index (χ0n) is 22.6. The van der Waals surface area contributed by atoms with Crippen LogP contribution in [0.5, 0.6) is 0 Å². The van der Waals surface area contributed by atoms with Crippen molar-refractivity contribution >= 4 is 11.8 Å². The van der Waals surface area contributed by atoms with E-state index >= 15 is 0 Å². The quantitative estimate of drug-likeness (QED) is 0.383. The molecule has 3 aliphatic heterocycles. The van der Waals surface area contributed by atoms with E-state index in [1.165, 1.54) is 61.9 Å². The number of aliphatic carboxylic acids is 1. The maximum Gasteiger partial charge on any atom is 0.325 e. The monoisotopic (exact) mass is 521 g/mol. The van der Waals surface area contributed by atoms with E-state index < -0.39 is 17.6 Å². The highest BCUT2D eigenvalue weighted by Gasteiger charge is 2.50. The molecule has 1 aromatic heterocycles. The van der Waals surface area contributed by atoms with Crippen molar-refractivity contribution in [1.82, 2.24) is 9.88 Å². The number of nitrogens with one attached hydrogen (secondary N) is 1. The molecule has 2 N–H and O–H groups in total. The zero-order valence-corrected chi connectivity index (χ0v) is 22.6. The number of aromatic nitrogens is 1. The minimum atomic E-state index is -0.907. The number of unbranched alkanes of at least 4 members (excludes halogenated alkanes) is 2. The second kappa shape index (κ2) is 10.2. The molecule has 1 aromatic carbocycles. The van der Waals surface area contributed by atoms with Crippen molar-refractivity contribution in [2.24, 2.45) is 17.8 Å². The number of carbonyl (C=O) groups is 1. The van der Waals surface area contributed by atoms with Crippen LogP contribution in [-0.2, 0) is 34.6 Å². The van der Waals surface area contributed by atoms with Gasteiger partial charge in [-0.25, -0.2) is 9.37 Å². The van der Waals surface area contributed by atoms with Crippen LogP contribution in [0.15, 0.2) is 24.3 Å². The average molecular weight is 522 g/mol. The van der Waals surface area contributed by atoms with Gasteiger partial charge in [-0.15, -0.1) is 0 Å². The maximum absolute atomic E-state index is 14.4. The molecule has 7 heteroatoms. The molecular weight excluding hydrogens is 481 g/mol. The third-order valence-electron chi connectivity index (χ3n) is 9.28. The molecule has 0 bridgehead atoms.